The molecule has 3 rings (SSSR count). The Hall–Kier alpha value is -2.57. The van der Waals surface area contributed by atoms with Crippen LogP contribution in [0.3, 0.4) is 0 Å². The second-order valence-electron chi connectivity index (χ2n) is 5.37. The van der Waals surface area contributed by atoms with Gasteiger partial charge >= 0.3 is 0 Å². The summed E-state index contributed by atoms with van der Waals surface area (Å²) in [6, 6.07) is 3.24. The second kappa shape index (κ2) is 5.32. The topological polar surface area (TPSA) is 65.2 Å². The van der Waals surface area contributed by atoms with Crippen LogP contribution >= 0.6 is 0 Å². The first-order valence-corrected chi connectivity index (χ1v) is 6.98. The number of fused-ring (bicyclic) bond motifs is 1. The third kappa shape index (κ3) is 2.49. The molecule has 7 heteroatoms. The summed E-state index contributed by atoms with van der Waals surface area (Å²) in [7, 11) is 0. The number of hydrogen-bond acceptors (Lipinski definition) is 5. The molecule has 6 nitrogen and oxygen atoms in total. The molecule has 0 aromatic carbocycles. The van der Waals surface area contributed by atoms with Gasteiger partial charge in [-0.1, -0.05) is 0 Å². The van der Waals surface area contributed by atoms with Gasteiger partial charge in [0, 0.05) is 11.8 Å². The van der Waals surface area contributed by atoms with Gasteiger partial charge in [0.05, 0.1) is 11.8 Å². The van der Waals surface area contributed by atoms with Crippen molar-refractivity contribution in [1.29, 1.82) is 0 Å². The number of halogens is 1. The van der Waals surface area contributed by atoms with Crippen LogP contribution in [0.2, 0.25) is 0 Å². The van der Waals surface area contributed by atoms with Gasteiger partial charge in [-0.2, -0.15) is 9.61 Å². The molecule has 0 unspecified atom stereocenters. The van der Waals surface area contributed by atoms with Crippen molar-refractivity contribution >= 4 is 5.65 Å². The molecule has 0 spiro atoms. The van der Waals surface area contributed by atoms with Crippen LogP contribution in [-0.2, 0) is 0 Å². The Kier molecular flexibility index (Phi) is 3.48. The van der Waals surface area contributed by atoms with Crippen LogP contribution in [0, 0.1) is 19.7 Å². The van der Waals surface area contributed by atoms with Crippen molar-refractivity contribution in [1.82, 2.24) is 24.8 Å². The summed E-state index contributed by atoms with van der Waals surface area (Å²) >= 11 is 0. The third-order valence-electron chi connectivity index (χ3n) is 3.17. The minimum atomic E-state index is -0.507. The van der Waals surface area contributed by atoms with E-state index in [0.29, 0.717) is 22.7 Å². The molecular formula is C15H16FN5O. The SMILES string of the molecule is Cc1cc2nnc(C)n2nc1-c1cnc(OC(C)C)c(F)c1. The molecular weight excluding hydrogens is 285 g/mol. The minimum Gasteiger partial charge on any atom is -0.473 e. The summed E-state index contributed by atoms with van der Waals surface area (Å²) in [4.78, 5) is 4.05. The number of aryl methyl sites for hydroxylation is 2. The fourth-order valence-corrected chi connectivity index (χ4v) is 2.18. The van der Waals surface area contributed by atoms with E-state index in [9.17, 15) is 4.39 Å². The van der Waals surface area contributed by atoms with Crippen LogP contribution in [0.15, 0.2) is 18.3 Å². The van der Waals surface area contributed by atoms with Gasteiger partial charge in [-0.05, 0) is 45.4 Å². The van der Waals surface area contributed by atoms with Crippen molar-refractivity contribution in [2.45, 2.75) is 33.8 Å². The number of hydrogen-bond donors (Lipinski definition) is 0. The fraction of sp³-hybridized carbons (Fsp3) is 0.333. The zero-order valence-electron chi connectivity index (χ0n) is 12.8. The highest BCUT2D eigenvalue weighted by atomic mass is 19.1. The maximum atomic E-state index is 14.1. The first-order valence-electron chi connectivity index (χ1n) is 6.98. The van der Waals surface area contributed by atoms with Crippen molar-refractivity contribution in [2.75, 3.05) is 0 Å². The van der Waals surface area contributed by atoms with Crippen molar-refractivity contribution in [3.8, 4) is 17.1 Å². The van der Waals surface area contributed by atoms with E-state index in [1.165, 1.54) is 6.07 Å². The Bertz CT molecular complexity index is 843. The molecule has 0 bridgehead atoms. The molecule has 0 aliphatic carbocycles. The quantitative estimate of drug-likeness (QED) is 0.744. The zero-order chi connectivity index (χ0) is 15.9. The molecule has 0 amide bonds. The predicted molar refractivity (Wildman–Crippen MR) is 79.2 cm³/mol. The number of rotatable bonds is 3. The van der Waals surface area contributed by atoms with Crippen molar-refractivity contribution < 1.29 is 9.13 Å². The van der Waals surface area contributed by atoms with Gasteiger partial charge in [0.25, 0.3) is 5.88 Å². The summed E-state index contributed by atoms with van der Waals surface area (Å²) in [6.07, 6.45) is 1.42. The zero-order valence-corrected chi connectivity index (χ0v) is 12.8. The average Bonchev–Trinajstić information content (AvgIpc) is 2.80. The van der Waals surface area contributed by atoms with E-state index in [1.54, 1.807) is 10.7 Å². The fourth-order valence-electron chi connectivity index (χ4n) is 2.18. The molecule has 114 valence electrons. The van der Waals surface area contributed by atoms with Crippen molar-refractivity contribution in [3.05, 3.63) is 35.5 Å². The largest absolute Gasteiger partial charge is 0.473 e. The van der Waals surface area contributed by atoms with Gasteiger partial charge in [0.2, 0.25) is 0 Å². The van der Waals surface area contributed by atoms with Crippen molar-refractivity contribution in [2.24, 2.45) is 0 Å². The Labute approximate surface area is 127 Å². The maximum absolute atomic E-state index is 14.1. The van der Waals surface area contributed by atoms with Crippen molar-refractivity contribution in [3.63, 3.8) is 0 Å². The van der Waals surface area contributed by atoms with E-state index in [0.717, 1.165) is 5.56 Å². The van der Waals surface area contributed by atoms with E-state index in [4.69, 9.17) is 4.74 Å². The van der Waals surface area contributed by atoms with Crippen LogP contribution in [0.1, 0.15) is 25.2 Å². The summed E-state index contributed by atoms with van der Waals surface area (Å²) < 4.78 is 21.0. The molecule has 3 aromatic heterocycles. The van der Waals surface area contributed by atoms with Gasteiger partial charge in [-0.15, -0.1) is 10.2 Å². The molecule has 0 fully saturated rings. The monoisotopic (exact) mass is 301 g/mol. The Balaban J connectivity index is 2.09. The van der Waals surface area contributed by atoms with E-state index in [-0.39, 0.29) is 12.0 Å². The highest BCUT2D eigenvalue weighted by molar-refractivity contribution is 5.64. The molecule has 3 aromatic rings. The van der Waals surface area contributed by atoms with E-state index >= 15 is 0 Å². The summed E-state index contributed by atoms with van der Waals surface area (Å²) in [6.45, 7) is 7.35. The molecule has 22 heavy (non-hydrogen) atoms. The number of nitrogens with zero attached hydrogens (tertiary/aromatic N) is 5. The first kappa shape index (κ1) is 14.4. The first-order chi connectivity index (χ1) is 10.5. The van der Waals surface area contributed by atoms with Gasteiger partial charge < -0.3 is 4.74 Å². The number of ether oxygens (including phenoxy) is 1. The van der Waals surface area contributed by atoms with E-state index in [1.807, 2.05) is 33.8 Å². The molecule has 0 N–H and O–H groups in total. The highest BCUT2D eigenvalue weighted by Crippen LogP contribution is 2.25. The predicted octanol–water partition coefficient (Wildman–Crippen LogP) is 2.73. The average molecular weight is 301 g/mol. The molecule has 0 radical (unpaired) electrons. The molecule has 0 saturated heterocycles. The normalized spacial score (nSPS) is 11.4. The summed E-state index contributed by atoms with van der Waals surface area (Å²) in [5, 5.41) is 12.5. The third-order valence-corrected chi connectivity index (χ3v) is 3.17. The van der Waals surface area contributed by atoms with Gasteiger partial charge in [0.15, 0.2) is 17.3 Å². The number of pyridine rings is 1. The standard InChI is InChI=1S/C15H16FN5O/c1-8(2)22-15-12(16)6-11(7-17-15)14-9(3)5-13-19-18-10(4)21(13)20-14/h5-8H,1-4H3. The van der Waals surface area contributed by atoms with E-state index in [2.05, 4.69) is 20.3 Å². The molecule has 0 aliphatic rings. The maximum Gasteiger partial charge on any atom is 0.250 e. The lowest BCUT2D eigenvalue weighted by atomic mass is 10.1. The highest BCUT2D eigenvalue weighted by Gasteiger charge is 2.14. The molecule has 0 aliphatic heterocycles. The molecule has 0 atom stereocenters. The van der Waals surface area contributed by atoms with Crippen LogP contribution in [0.5, 0.6) is 5.88 Å². The van der Waals surface area contributed by atoms with Crippen LogP contribution in [-0.4, -0.2) is 30.9 Å². The second-order valence-corrected chi connectivity index (χ2v) is 5.37. The molecule has 3 heterocycles. The minimum absolute atomic E-state index is 0.00189. The van der Waals surface area contributed by atoms with E-state index < -0.39 is 5.82 Å². The summed E-state index contributed by atoms with van der Waals surface area (Å²) in [5.74, 6) is 0.162. The van der Waals surface area contributed by atoms with Crippen LogP contribution in [0.25, 0.3) is 16.9 Å². The molecule has 0 saturated carbocycles. The van der Waals surface area contributed by atoms with Gasteiger partial charge in [-0.25, -0.2) is 9.37 Å². The van der Waals surface area contributed by atoms with Crippen LogP contribution in [0.4, 0.5) is 4.39 Å². The van der Waals surface area contributed by atoms with Crippen LogP contribution < -0.4 is 4.74 Å². The lowest BCUT2D eigenvalue weighted by molar-refractivity contribution is 0.221. The Morgan fingerprint density at radius 1 is 1.18 bits per heavy atom. The number of aromatic nitrogens is 5. The van der Waals surface area contributed by atoms with Gasteiger partial charge in [0.1, 0.15) is 0 Å². The lowest BCUT2D eigenvalue weighted by Crippen LogP contribution is -2.08. The summed E-state index contributed by atoms with van der Waals surface area (Å²) in [5.41, 5.74) is 2.75. The van der Waals surface area contributed by atoms with Gasteiger partial charge in [-0.3, -0.25) is 0 Å². The Morgan fingerprint density at radius 2 is 1.95 bits per heavy atom. The Morgan fingerprint density at radius 3 is 2.64 bits per heavy atom. The smallest absolute Gasteiger partial charge is 0.250 e. The lowest BCUT2D eigenvalue weighted by Gasteiger charge is -2.11.